The summed E-state index contributed by atoms with van der Waals surface area (Å²) >= 11 is 6.40. The van der Waals surface area contributed by atoms with Gasteiger partial charge in [-0.15, -0.1) is 0 Å². The van der Waals surface area contributed by atoms with E-state index in [4.69, 9.17) is 16.3 Å². The number of allylic oxidation sites excluding steroid dienone is 1. The van der Waals surface area contributed by atoms with E-state index in [0.717, 1.165) is 50.1 Å². The molecule has 1 saturated carbocycles. The van der Waals surface area contributed by atoms with Crippen LogP contribution in [0.1, 0.15) is 58.2 Å². The lowest BCUT2D eigenvalue weighted by Gasteiger charge is -2.27. The lowest BCUT2D eigenvalue weighted by molar-refractivity contribution is -0.128. The predicted molar refractivity (Wildman–Crippen MR) is 167 cm³/mol. The SMILES string of the molecule is Cc1cc(Cl)c(OCCc2ccc(C3=C(C(=O)N(Cc4cccc(C)c4C)C4CC4)[C@@H]4CNC[C@@H]4C3)cc2)cc1C. The molecule has 1 saturated heterocycles. The smallest absolute Gasteiger partial charge is 0.250 e. The number of carbonyl (C=O) groups is 1. The summed E-state index contributed by atoms with van der Waals surface area (Å²) in [5, 5.41) is 4.22. The number of ether oxygens (including phenoxy) is 1. The first-order valence-corrected chi connectivity index (χ1v) is 15.5. The van der Waals surface area contributed by atoms with Crippen molar-refractivity contribution in [1.29, 1.82) is 0 Å². The Morgan fingerprint density at radius 1 is 0.976 bits per heavy atom. The molecule has 0 unspecified atom stereocenters. The van der Waals surface area contributed by atoms with Gasteiger partial charge in [-0.3, -0.25) is 4.79 Å². The van der Waals surface area contributed by atoms with Gasteiger partial charge in [0.15, 0.2) is 0 Å². The number of amides is 1. The molecule has 1 N–H and O–H groups in total. The minimum atomic E-state index is 0.252. The van der Waals surface area contributed by atoms with Crippen LogP contribution >= 0.6 is 11.6 Å². The number of nitrogens with one attached hydrogen (secondary N) is 1. The van der Waals surface area contributed by atoms with E-state index in [-0.39, 0.29) is 5.91 Å². The molecule has 1 amide bonds. The fourth-order valence-corrected chi connectivity index (χ4v) is 6.81. The molecule has 41 heavy (non-hydrogen) atoms. The van der Waals surface area contributed by atoms with Gasteiger partial charge in [-0.25, -0.2) is 0 Å². The van der Waals surface area contributed by atoms with Crippen LogP contribution in [-0.2, 0) is 17.8 Å². The summed E-state index contributed by atoms with van der Waals surface area (Å²) in [6, 6.07) is 19.6. The third-order valence-corrected chi connectivity index (χ3v) is 9.83. The maximum absolute atomic E-state index is 14.4. The second kappa shape index (κ2) is 11.7. The summed E-state index contributed by atoms with van der Waals surface area (Å²) in [7, 11) is 0. The van der Waals surface area contributed by atoms with Crippen molar-refractivity contribution in [2.75, 3.05) is 19.7 Å². The van der Waals surface area contributed by atoms with E-state index in [1.54, 1.807) is 0 Å². The van der Waals surface area contributed by atoms with E-state index in [2.05, 4.69) is 80.4 Å². The summed E-state index contributed by atoms with van der Waals surface area (Å²) in [5.41, 5.74) is 10.9. The lowest BCUT2D eigenvalue weighted by atomic mass is 9.93. The summed E-state index contributed by atoms with van der Waals surface area (Å²) in [4.78, 5) is 16.6. The molecule has 4 nitrogen and oxygen atoms in total. The highest BCUT2D eigenvalue weighted by Crippen LogP contribution is 2.46. The molecule has 3 aromatic rings. The van der Waals surface area contributed by atoms with Gasteiger partial charge < -0.3 is 15.0 Å². The van der Waals surface area contributed by atoms with Crippen LogP contribution in [0.3, 0.4) is 0 Å². The molecule has 1 aliphatic heterocycles. The molecule has 0 bridgehead atoms. The third-order valence-electron chi connectivity index (χ3n) is 9.54. The van der Waals surface area contributed by atoms with E-state index in [1.165, 1.54) is 44.5 Å². The first-order chi connectivity index (χ1) is 19.8. The van der Waals surface area contributed by atoms with Crippen LogP contribution < -0.4 is 10.1 Å². The Labute approximate surface area is 249 Å². The maximum Gasteiger partial charge on any atom is 0.250 e. The summed E-state index contributed by atoms with van der Waals surface area (Å²) in [5.74, 6) is 1.80. The zero-order valence-corrected chi connectivity index (χ0v) is 25.5. The molecule has 2 atom stereocenters. The third kappa shape index (κ3) is 5.82. The number of nitrogens with zero attached hydrogens (tertiary/aromatic N) is 1. The van der Waals surface area contributed by atoms with E-state index >= 15 is 0 Å². The molecule has 5 heteroatoms. The van der Waals surface area contributed by atoms with Gasteiger partial charge in [-0.05, 0) is 116 Å². The van der Waals surface area contributed by atoms with Crippen molar-refractivity contribution in [1.82, 2.24) is 10.2 Å². The maximum atomic E-state index is 14.4. The Bertz CT molecular complexity index is 1490. The predicted octanol–water partition coefficient (Wildman–Crippen LogP) is 7.38. The average Bonchev–Trinajstić information content (AvgIpc) is 3.58. The molecule has 6 rings (SSSR count). The molecule has 1 heterocycles. The second-order valence-electron chi connectivity index (χ2n) is 12.3. The molecule has 0 spiro atoms. The van der Waals surface area contributed by atoms with Crippen molar-refractivity contribution in [3.63, 3.8) is 0 Å². The van der Waals surface area contributed by atoms with Gasteiger partial charge >= 0.3 is 0 Å². The standard InChI is InChI=1S/C36H41ClN2O2/c1-22-6-5-7-28(25(22)4)21-39(30-12-13-30)36(40)35-31(18-29-19-38-20-32(29)35)27-10-8-26(9-11-27)14-15-41-34-17-24(3)23(2)16-33(34)37/h5-11,16-17,29-30,32,38H,12-15,18-21H2,1-4H3/t29-,32+/m0/s1. The normalized spacial score (nSPS) is 19.9. The molecule has 214 valence electrons. The Morgan fingerprint density at radius 2 is 1.73 bits per heavy atom. The number of carbonyl (C=O) groups excluding carboxylic acids is 1. The number of halogens is 1. The Kier molecular flexibility index (Phi) is 7.98. The largest absolute Gasteiger partial charge is 0.492 e. The Hall–Kier alpha value is -3.08. The van der Waals surface area contributed by atoms with Gasteiger partial charge in [0.2, 0.25) is 0 Å². The highest BCUT2D eigenvalue weighted by atomic mass is 35.5. The number of hydrogen-bond acceptors (Lipinski definition) is 3. The van der Waals surface area contributed by atoms with Gasteiger partial charge in [0.25, 0.3) is 5.91 Å². The molecule has 2 fully saturated rings. The van der Waals surface area contributed by atoms with Crippen LogP contribution in [0.5, 0.6) is 5.75 Å². The Balaban J connectivity index is 1.21. The van der Waals surface area contributed by atoms with Crippen molar-refractivity contribution in [2.24, 2.45) is 11.8 Å². The highest BCUT2D eigenvalue weighted by molar-refractivity contribution is 6.32. The van der Waals surface area contributed by atoms with Crippen molar-refractivity contribution < 1.29 is 9.53 Å². The van der Waals surface area contributed by atoms with Crippen LogP contribution in [0.2, 0.25) is 5.02 Å². The van der Waals surface area contributed by atoms with Crippen LogP contribution in [0.25, 0.3) is 5.57 Å². The van der Waals surface area contributed by atoms with Gasteiger partial charge in [0.05, 0.1) is 11.6 Å². The van der Waals surface area contributed by atoms with E-state index in [9.17, 15) is 4.79 Å². The van der Waals surface area contributed by atoms with Gasteiger partial charge in [-0.1, -0.05) is 54.1 Å². The van der Waals surface area contributed by atoms with Crippen molar-refractivity contribution in [3.8, 4) is 5.75 Å². The van der Waals surface area contributed by atoms with Gasteiger partial charge in [-0.2, -0.15) is 0 Å². The average molecular weight is 569 g/mol. The second-order valence-corrected chi connectivity index (χ2v) is 12.7. The van der Waals surface area contributed by atoms with Gasteiger partial charge in [0, 0.05) is 37.0 Å². The zero-order valence-electron chi connectivity index (χ0n) is 24.7. The van der Waals surface area contributed by atoms with Crippen LogP contribution in [0.4, 0.5) is 0 Å². The minimum absolute atomic E-state index is 0.252. The van der Waals surface area contributed by atoms with E-state index in [1.807, 2.05) is 12.1 Å². The van der Waals surface area contributed by atoms with Crippen molar-refractivity contribution >= 4 is 23.1 Å². The molecular formula is C36H41ClN2O2. The molecule has 3 aromatic carbocycles. The number of rotatable bonds is 9. The molecule has 0 aromatic heterocycles. The van der Waals surface area contributed by atoms with E-state index in [0.29, 0.717) is 36.1 Å². The fourth-order valence-electron chi connectivity index (χ4n) is 6.53. The monoisotopic (exact) mass is 568 g/mol. The molecular weight excluding hydrogens is 528 g/mol. The van der Waals surface area contributed by atoms with Crippen molar-refractivity contribution in [3.05, 3.63) is 104 Å². The lowest BCUT2D eigenvalue weighted by Crippen LogP contribution is -2.36. The summed E-state index contributed by atoms with van der Waals surface area (Å²) in [6.07, 6.45) is 3.98. The first kappa shape index (κ1) is 28.1. The van der Waals surface area contributed by atoms with Crippen LogP contribution in [0, 0.1) is 39.5 Å². The van der Waals surface area contributed by atoms with Crippen molar-refractivity contribution in [2.45, 2.75) is 66.0 Å². The quantitative estimate of drug-likeness (QED) is 0.293. The molecule has 3 aliphatic rings. The number of fused-ring (bicyclic) bond motifs is 1. The number of benzene rings is 3. The summed E-state index contributed by atoms with van der Waals surface area (Å²) in [6.45, 7) is 11.6. The van der Waals surface area contributed by atoms with Crippen LogP contribution in [-0.4, -0.2) is 36.5 Å². The Morgan fingerprint density at radius 3 is 2.49 bits per heavy atom. The fraction of sp³-hybridized carbons (Fsp3) is 0.417. The molecule has 0 radical (unpaired) electrons. The topological polar surface area (TPSA) is 41.6 Å². The first-order valence-electron chi connectivity index (χ1n) is 15.1. The van der Waals surface area contributed by atoms with Gasteiger partial charge in [0.1, 0.15) is 5.75 Å². The molecule has 2 aliphatic carbocycles. The summed E-state index contributed by atoms with van der Waals surface area (Å²) < 4.78 is 6.03. The highest BCUT2D eigenvalue weighted by Gasteiger charge is 2.44. The number of aryl methyl sites for hydroxylation is 3. The minimum Gasteiger partial charge on any atom is -0.492 e. The van der Waals surface area contributed by atoms with Crippen LogP contribution in [0.15, 0.2) is 60.2 Å². The zero-order chi connectivity index (χ0) is 28.7. The number of hydrogen-bond donors (Lipinski definition) is 1. The van der Waals surface area contributed by atoms with E-state index < -0.39 is 0 Å².